The fourth-order valence-electron chi connectivity index (χ4n) is 1.27. The molecule has 9 heteroatoms. The minimum absolute atomic E-state index is 0.118. The third-order valence-corrected chi connectivity index (χ3v) is 2.23. The van der Waals surface area contributed by atoms with E-state index < -0.39 is 11.9 Å². The molecule has 0 unspecified atom stereocenters. The smallest absolute Gasteiger partial charge is 0.358 e. The van der Waals surface area contributed by atoms with Gasteiger partial charge in [0.15, 0.2) is 0 Å². The maximum absolute atomic E-state index is 11.4. The van der Waals surface area contributed by atoms with Gasteiger partial charge in [-0.3, -0.25) is 9.59 Å². The molecular formula is C13H24N2O7. The van der Waals surface area contributed by atoms with Gasteiger partial charge in [0.2, 0.25) is 0 Å². The summed E-state index contributed by atoms with van der Waals surface area (Å²) < 4.78 is 15.3. The lowest BCUT2D eigenvalue weighted by molar-refractivity contribution is -0.199. The Hall–Kier alpha value is -1.55. The Kier molecular flexibility index (Phi) is 13.4. The maximum Gasteiger partial charge on any atom is 0.358 e. The molecule has 0 fully saturated rings. The lowest BCUT2D eigenvalue weighted by Crippen LogP contribution is -2.33. The number of carbonyl (C=O) groups excluding carboxylic acids is 3. The molecule has 2 amide bonds. The predicted octanol–water partition coefficient (Wildman–Crippen LogP) is -0.762. The first-order chi connectivity index (χ1) is 10.7. The van der Waals surface area contributed by atoms with Crippen molar-refractivity contribution in [3.8, 4) is 0 Å². The quantitative estimate of drug-likeness (QED) is 0.267. The van der Waals surface area contributed by atoms with Crippen molar-refractivity contribution in [1.82, 2.24) is 5.06 Å². The highest BCUT2D eigenvalue weighted by molar-refractivity contribution is 5.86. The van der Waals surface area contributed by atoms with E-state index in [-0.39, 0.29) is 32.7 Å². The summed E-state index contributed by atoms with van der Waals surface area (Å²) in [5, 5.41) is 0.375. The van der Waals surface area contributed by atoms with Crippen molar-refractivity contribution in [2.45, 2.75) is 19.8 Å². The molecule has 2 N–H and O–H groups in total. The van der Waals surface area contributed by atoms with Gasteiger partial charge in [0.05, 0.1) is 33.0 Å². The summed E-state index contributed by atoms with van der Waals surface area (Å²) in [6, 6.07) is 0. The Morgan fingerprint density at radius 1 is 1.05 bits per heavy atom. The average Bonchev–Trinajstić information content (AvgIpc) is 2.51. The molecule has 0 aromatic heterocycles. The lowest BCUT2D eigenvalue weighted by atomic mass is 10.3. The molecule has 0 saturated heterocycles. The summed E-state index contributed by atoms with van der Waals surface area (Å²) in [5.41, 5.74) is 5.24. The number of amides is 2. The SMILES string of the molecule is CCCC(=O)N(C=O)OC(=O)COCCOCCOCCN. The Labute approximate surface area is 129 Å². The number of carbonyl (C=O) groups is 3. The number of imide groups is 1. The monoisotopic (exact) mass is 320 g/mol. The zero-order valence-corrected chi connectivity index (χ0v) is 12.8. The molecule has 128 valence electrons. The molecule has 0 aliphatic carbocycles. The number of hydroxylamine groups is 2. The van der Waals surface area contributed by atoms with Gasteiger partial charge in [-0.1, -0.05) is 6.92 Å². The van der Waals surface area contributed by atoms with E-state index in [0.29, 0.717) is 37.8 Å². The number of nitrogens with two attached hydrogens (primary N) is 1. The van der Waals surface area contributed by atoms with E-state index in [4.69, 9.17) is 19.9 Å². The van der Waals surface area contributed by atoms with Crippen molar-refractivity contribution in [3.05, 3.63) is 0 Å². The van der Waals surface area contributed by atoms with Crippen LogP contribution in [0.15, 0.2) is 0 Å². The predicted molar refractivity (Wildman–Crippen MR) is 75.4 cm³/mol. The van der Waals surface area contributed by atoms with Crippen molar-refractivity contribution in [3.63, 3.8) is 0 Å². The molecule has 0 heterocycles. The van der Waals surface area contributed by atoms with Gasteiger partial charge in [0.25, 0.3) is 12.3 Å². The summed E-state index contributed by atoms with van der Waals surface area (Å²) in [6.45, 7) is 3.63. The minimum Gasteiger partial charge on any atom is -0.378 e. The van der Waals surface area contributed by atoms with Crippen LogP contribution in [0, 0.1) is 0 Å². The van der Waals surface area contributed by atoms with Crippen LogP contribution in [0.5, 0.6) is 0 Å². The van der Waals surface area contributed by atoms with E-state index in [2.05, 4.69) is 4.84 Å². The van der Waals surface area contributed by atoms with Crippen LogP contribution in [-0.4, -0.2) is 69.5 Å². The van der Waals surface area contributed by atoms with Gasteiger partial charge in [-0.15, -0.1) is 5.06 Å². The van der Waals surface area contributed by atoms with Crippen LogP contribution in [0.2, 0.25) is 0 Å². The Morgan fingerprint density at radius 3 is 2.18 bits per heavy atom. The highest BCUT2D eigenvalue weighted by Crippen LogP contribution is 1.97. The van der Waals surface area contributed by atoms with Crippen LogP contribution < -0.4 is 5.73 Å². The third kappa shape index (κ3) is 11.1. The lowest BCUT2D eigenvalue weighted by Gasteiger charge is -2.13. The topological polar surface area (TPSA) is 117 Å². The van der Waals surface area contributed by atoms with E-state index in [1.54, 1.807) is 6.92 Å². The van der Waals surface area contributed by atoms with Gasteiger partial charge in [-0.05, 0) is 6.42 Å². The Morgan fingerprint density at radius 2 is 1.64 bits per heavy atom. The number of hydrogen-bond acceptors (Lipinski definition) is 8. The molecule has 0 aromatic carbocycles. The first kappa shape index (κ1) is 20.5. The molecule has 0 aliphatic rings. The Bertz CT molecular complexity index is 326. The largest absolute Gasteiger partial charge is 0.378 e. The third-order valence-electron chi connectivity index (χ3n) is 2.23. The number of hydrogen-bond donors (Lipinski definition) is 1. The van der Waals surface area contributed by atoms with E-state index in [1.165, 1.54) is 0 Å². The summed E-state index contributed by atoms with van der Waals surface area (Å²) in [4.78, 5) is 37.9. The van der Waals surface area contributed by atoms with Crippen LogP contribution in [-0.2, 0) is 33.4 Å². The second-order valence-electron chi connectivity index (χ2n) is 4.10. The fraction of sp³-hybridized carbons (Fsp3) is 0.769. The van der Waals surface area contributed by atoms with Gasteiger partial charge in [-0.2, -0.15) is 0 Å². The molecule has 0 aliphatic heterocycles. The van der Waals surface area contributed by atoms with Gasteiger partial charge in [0.1, 0.15) is 6.61 Å². The summed E-state index contributed by atoms with van der Waals surface area (Å²) in [7, 11) is 0. The standard InChI is InChI=1S/C13H24N2O7/c1-2-3-12(17)15(11-16)22-13(18)10-21-9-8-20-7-6-19-5-4-14/h11H,2-10,14H2,1H3. The fourth-order valence-corrected chi connectivity index (χ4v) is 1.27. The van der Waals surface area contributed by atoms with E-state index in [9.17, 15) is 14.4 Å². The number of rotatable bonds is 13. The second kappa shape index (κ2) is 14.4. The minimum atomic E-state index is -0.831. The summed E-state index contributed by atoms with van der Waals surface area (Å²) in [6.07, 6.45) is 0.816. The first-order valence-electron chi connectivity index (χ1n) is 7.07. The zero-order valence-electron chi connectivity index (χ0n) is 12.8. The Balaban J connectivity index is 3.60. The average molecular weight is 320 g/mol. The van der Waals surface area contributed by atoms with Gasteiger partial charge >= 0.3 is 5.97 Å². The van der Waals surface area contributed by atoms with Crippen LogP contribution in [0.1, 0.15) is 19.8 Å². The second-order valence-corrected chi connectivity index (χ2v) is 4.10. The molecule has 0 rings (SSSR count). The normalized spacial score (nSPS) is 10.3. The van der Waals surface area contributed by atoms with E-state index in [0.717, 1.165) is 0 Å². The van der Waals surface area contributed by atoms with Gasteiger partial charge in [-0.25, -0.2) is 4.79 Å². The molecule has 0 bridgehead atoms. The van der Waals surface area contributed by atoms with Crippen LogP contribution in [0.25, 0.3) is 0 Å². The van der Waals surface area contributed by atoms with Crippen molar-refractivity contribution >= 4 is 18.3 Å². The number of ether oxygens (including phenoxy) is 3. The van der Waals surface area contributed by atoms with Crippen molar-refractivity contribution in [2.75, 3.05) is 46.2 Å². The molecule has 0 atom stereocenters. The molecule has 22 heavy (non-hydrogen) atoms. The number of nitrogens with zero attached hydrogens (tertiary/aromatic N) is 1. The summed E-state index contributed by atoms with van der Waals surface area (Å²) in [5.74, 6) is -1.41. The van der Waals surface area contributed by atoms with Crippen LogP contribution >= 0.6 is 0 Å². The molecular weight excluding hydrogens is 296 g/mol. The van der Waals surface area contributed by atoms with Crippen LogP contribution in [0.4, 0.5) is 0 Å². The highest BCUT2D eigenvalue weighted by atomic mass is 16.7. The zero-order chi connectivity index (χ0) is 16.6. The molecule has 0 saturated carbocycles. The van der Waals surface area contributed by atoms with E-state index >= 15 is 0 Å². The molecule has 0 spiro atoms. The van der Waals surface area contributed by atoms with Gasteiger partial charge in [0, 0.05) is 13.0 Å². The summed E-state index contributed by atoms with van der Waals surface area (Å²) >= 11 is 0. The van der Waals surface area contributed by atoms with Crippen molar-refractivity contribution < 1.29 is 33.4 Å². The molecule has 0 aromatic rings. The van der Waals surface area contributed by atoms with Gasteiger partial charge < -0.3 is 24.8 Å². The van der Waals surface area contributed by atoms with Crippen LogP contribution in [0.3, 0.4) is 0 Å². The highest BCUT2D eigenvalue weighted by Gasteiger charge is 2.17. The van der Waals surface area contributed by atoms with E-state index in [1.807, 2.05) is 0 Å². The maximum atomic E-state index is 11.4. The molecule has 0 radical (unpaired) electrons. The molecule has 9 nitrogen and oxygen atoms in total. The van der Waals surface area contributed by atoms with Crippen molar-refractivity contribution in [1.29, 1.82) is 0 Å². The first-order valence-corrected chi connectivity index (χ1v) is 7.07. The van der Waals surface area contributed by atoms with Crippen molar-refractivity contribution in [2.24, 2.45) is 5.73 Å².